The van der Waals surface area contributed by atoms with Gasteiger partial charge in [-0.15, -0.1) is 11.3 Å². The summed E-state index contributed by atoms with van der Waals surface area (Å²) in [4.78, 5) is 28.7. The molecule has 1 aromatic heterocycles. The second-order valence-corrected chi connectivity index (χ2v) is 7.16. The van der Waals surface area contributed by atoms with Gasteiger partial charge in [0, 0.05) is 28.4 Å². The number of carbonyl (C=O) groups is 2. The Morgan fingerprint density at radius 1 is 0.690 bits per heavy atom. The zero-order valence-corrected chi connectivity index (χ0v) is 16.1. The Kier molecular flexibility index (Phi) is 5.45. The highest BCUT2D eigenvalue weighted by molar-refractivity contribution is 7.13. The summed E-state index contributed by atoms with van der Waals surface area (Å²) in [5, 5.41) is 7.91. The number of rotatable bonds is 5. The van der Waals surface area contributed by atoms with Crippen molar-refractivity contribution in [3.8, 4) is 11.1 Å². The first-order valence-electron chi connectivity index (χ1n) is 8.97. The van der Waals surface area contributed by atoms with Gasteiger partial charge < -0.3 is 5.32 Å². The highest BCUT2D eigenvalue weighted by atomic mass is 32.1. The van der Waals surface area contributed by atoms with Crippen LogP contribution in [0.5, 0.6) is 0 Å². The maximum Gasteiger partial charge on any atom is 0.257 e. The molecule has 0 atom stereocenters. The van der Waals surface area contributed by atoms with Crippen LogP contribution in [0.2, 0.25) is 0 Å². The van der Waals surface area contributed by atoms with Gasteiger partial charge in [0.25, 0.3) is 11.8 Å². The molecule has 3 aromatic carbocycles. The normalized spacial score (nSPS) is 10.3. The van der Waals surface area contributed by atoms with E-state index in [2.05, 4.69) is 15.6 Å². The lowest BCUT2D eigenvalue weighted by molar-refractivity contribution is 0.102. The van der Waals surface area contributed by atoms with E-state index in [1.54, 1.807) is 48.0 Å². The lowest BCUT2D eigenvalue weighted by Gasteiger charge is -2.08. The third-order valence-corrected chi connectivity index (χ3v) is 5.00. The predicted molar refractivity (Wildman–Crippen MR) is 116 cm³/mol. The topological polar surface area (TPSA) is 71.1 Å². The number of nitrogens with one attached hydrogen (secondary N) is 2. The van der Waals surface area contributed by atoms with Gasteiger partial charge in [-0.25, -0.2) is 4.98 Å². The molecule has 0 fully saturated rings. The summed E-state index contributed by atoms with van der Waals surface area (Å²) in [6.45, 7) is 0. The Hall–Kier alpha value is -3.77. The third kappa shape index (κ3) is 4.56. The molecule has 0 unspecified atom stereocenters. The van der Waals surface area contributed by atoms with E-state index in [9.17, 15) is 9.59 Å². The van der Waals surface area contributed by atoms with Gasteiger partial charge >= 0.3 is 0 Å². The number of aromatic nitrogens is 1. The van der Waals surface area contributed by atoms with Crippen LogP contribution in [0.1, 0.15) is 20.7 Å². The van der Waals surface area contributed by atoms with Crippen molar-refractivity contribution in [1.29, 1.82) is 0 Å². The molecule has 5 nitrogen and oxygen atoms in total. The van der Waals surface area contributed by atoms with Crippen LogP contribution in [-0.4, -0.2) is 16.8 Å². The molecular weight excluding hydrogens is 382 g/mol. The van der Waals surface area contributed by atoms with E-state index < -0.39 is 0 Å². The molecule has 0 aliphatic heterocycles. The number of hydrogen-bond donors (Lipinski definition) is 2. The SMILES string of the molecule is O=C(Nc1ccc(C(=O)Nc2nccs2)cc1)c1ccc(-c2ccccc2)cc1. The maximum absolute atomic E-state index is 12.5. The van der Waals surface area contributed by atoms with Gasteiger partial charge in [0.15, 0.2) is 5.13 Å². The fourth-order valence-electron chi connectivity index (χ4n) is 2.81. The summed E-state index contributed by atoms with van der Waals surface area (Å²) in [7, 11) is 0. The van der Waals surface area contributed by atoms with Crippen molar-refractivity contribution in [1.82, 2.24) is 4.98 Å². The van der Waals surface area contributed by atoms with Crippen molar-refractivity contribution < 1.29 is 9.59 Å². The maximum atomic E-state index is 12.5. The van der Waals surface area contributed by atoms with Gasteiger partial charge in [0.1, 0.15) is 0 Å². The van der Waals surface area contributed by atoms with Crippen LogP contribution in [0, 0.1) is 0 Å². The molecule has 6 heteroatoms. The fraction of sp³-hybridized carbons (Fsp3) is 0. The molecule has 4 aromatic rings. The first-order valence-corrected chi connectivity index (χ1v) is 9.85. The molecule has 0 saturated heterocycles. The molecule has 2 N–H and O–H groups in total. The first-order chi connectivity index (χ1) is 14.2. The minimum Gasteiger partial charge on any atom is -0.322 e. The minimum atomic E-state index is -0.241. The first kappa shape index (κ1) is 18.6. The van der Waals surface area contributed by atoms with E-state index in [1.807, 2.05) is 42.5 Å². The van der Waals surface area contributed by atoms with Gasteiger partial charge in [-0.2, -0.15) is 0 Å². The number of benzene rings is 3. The van der Waals surface area contributed by atoms with E-state index in [4.69, 9.17) is 0 Å². The minimum absolute atomic E-state index is 0.204. The fourth-order valence-corrected chi connectivity index (χ4v) is 3.33. The van der Waals surface area contributed by atoms with Gasteiger partial charge in [-0.05, 0) is 47.5 Å². The van der Waals surface area contributed by atoms with Crippen LogP contribution in [0.4, 0.5) is 10.8 Å². The number of amides is 2. The van der Waals surface area contributed by atoms with E-state index >= 15 is 0 Å². The Morgan fingerprint density at radius 2 is 1.28 bits per heavy atom. The van der Waals surface area contributed by atoms with E-state index in [-0.39, 0.29) is 11.8 Å². The van der Waals surface area contributed by atoms with Crippen LogP contribution in [0.15, 0.2) is 90.4 Å². The lowest BCUT2D eigenvalue weighted by Crippen LogP contribution is -2.13. The molecule has 0 saturated carbocycles. The van der Waals surface area contributed by atoms with Crippen LogP contribution in [-0.2, 0) is 0 Å². The van der Waals surface area contributed by atoms with E-state index in [0.29, 0.717) is 21.9 Å². The molecule has 1 heterocycles. The van der Waals surface area contributed by atoms with Gasteiger partial charge in [-0.3, -0.25) is 14.9 Å². The van der Waals surface area contributed by atoms with Crippen molar-refractivity contribution in [3.63, 3.8) is 0 Å². The molecule has 0 spiro atoms. The number of carbonyl (C=O) groups excluding carboxylic acids is 2. The number of hydrogen-bond acceptors (Lipinski definition) is 4. The number of nitrogens with zero attached hydrogens (tertiary/aromatic N) is 1. The molecule has 0 radical (unpaired) electrons. The van der Waals surface area contributed by atoms with Crippen molar-refractivity contribution in [3.05, 3.63) is 102 Å². The Bertz CT molecular complexity index is 1110. The highest BCUT2D eigenvalue weighted by Gasteiger charge is 2.10. The quantitative estimate of drug-likeness (QED) is 0.477. The average Bonchev–Trinajstić information content (AvgIpc) is 3.28. The van der Waals surface area contributed by atoms with Gasteiger partial charge in [0.2, 0.25) is 0 Å². The summed E-state index contributed by atoms with van der Waals surface area (Å²) in [6.07, 6.45) is 1.63. The van der Waals surface area contributed by atoms with Crippen LogP contribution >= 0.6 is 11.3 Å². The Morgan fingerprint density at radius 3 is 1.90 bits per heavy atom. The molecule has 29 heavy (non-hydrogen) atoms. The van der Waals surface area contributed by atoms with E-state index in [0.717, 1.165) is 11.1 Å². The zero-order valence-electron chi connectivity index (χ0n) is 15.3. The van der Waals surface area contributed by atoms with Gasteiger partial charge in [0.05, 0.1) is 0 Å². The van der Waals surface area contributed by atoms with E-state index in [1.165, 1.54) is 11.3 Å². The molecule has 0 aliphatic carbocycles. The second kappa shape index (κ2) is 8.50. The summed E-state index contributed by atoms with van der Waals surface area (Å²) >= 11 is 1.35. The summed E-state index contributed by atoms with van der Waals surface area (Å²) in [5.74, 6) is -0.445. The monoisotopic (exact) mass is 399 g/mol. The third-order valence-electron chi connectivity index (χ3n) is 4.31. The Balaban J connectivity index is 1.40. The standard InChI is InChI=1S/C23H17N3O2S/c27-21(18-8-6-17(7-9-18)16-4-2-1-3-5-16)25-20-12-10-19(11-13-20)22(28)26-23-24-14-15-29-23/h1-15H,(H,25,27)(H,24,26,28). The van der Waals surface area contributed by atoms with Crippen molar-refractivity contribution in [2.75, 3.05) is 10.6 Å². The number of anilines is 2. The lowest BCUT2D eigenvalue weighted by atomic mass is 10.0. The zero-order chi connectivity index (χ0) is 20.1. The predicted octanol–water partition coefficient (Wildman–Crippen LogP) is 5.31. The molecule has 4 rings (SSSR count). The summed E-state index contributed by atoms with van der Waals surface area (Å²) in [6, 6.07) is 24.2. The van der Waals surface area contributed by atoms with Crippen LogP contribution < -0.4 is 10.6 Å². The average molecular weight is 399 g/mol. The van der Waals surface area contributed by atoms with Gasteiger partial charge in [-0.1, -0.05) is 42.5 Å². The van der Waals surface area contributed by atoms with Crippen molar-refractivity contribution in [2.45, 2.75) is 0 Å². The van der Waals surface area contributed by atoms with Crippen molar-refractivity contribution >= 4 is 34.0 Å². The van der Waals surface area contributed by atoms with Crippen molar-refractivity contribution in [2.24, 2.45) is 0 Å². The molecule has 142 valence electrons. The molecule has 0 aliphatic rings. The summed E-state index contributed by atoms with van der Waals surface area (Å²) in [5.41, 5.74) is 3.83. The number of thiazole rings is 1. The van der Waals surface area contributed by atoms with Crippen LogP contribution in [0.3, 0.4) is 0 Å². The molecule has 0 bridgehead atoms. The molecular formula is C23H17N3O2S. The molecule has 2 amide bonds. The van der Waals surface area contributed by atoms with Crippen LogP contribution in [0.25, 0.3) is 11.1 Å². The smallest absolute Gasteiger partial charge is 0.257 e. The highest BCUT2D eigenvalue weighted by Crippen LogP contribution is 2.20. The summed E-state index contributed by atoms with van der Waals surface area (Å²) < 4.78 is 0. The Labute approximate surface area is 172 Å². The largest absolute Gasteiger partial charge is 0.322 e. The second-order valence-electron chi connectivity index (χ2n) is 6.27.